The monoisotopic (exact) mass is 156 g/mol. The Hall–Kier alpha value is -0.830. The standard InChI is InChI=1S/C8H12O3/c1-2-7(8(9)10)6-3-4-11-5-6/h2-5H2,1H3,(H,9,10)/b7-6-. The first-order chi connectivity index (χ1) is 5.25. The Morgan fingerprint density at radius 3 is 2.82 bits per heavy atom. The molecule has 0 bridgehead atoms. The average Bonchev–Trinajstić information content (AvgIpc) is 2.40. The van der Waals surface area contributed by atoms with Gasteiger partial charge in [-0.3, -0.25) is 0 Å². The van der Waals surface area contributed by atoms with Crippen molar-refractivity contribution in [2.75, 3.05) is 13.2 Å². The molecule has 1 N–H and O–H groups in total. The van der Waals surface area contributed by atoms with Crippen molar-refractivity contribution in [3.05, 3.63) is 11.1 Å². The molecule has 0 unspecified atom stereocenters. The van der Waals surface area contributed by atoms with E-state index in [4.69, 9.17) is 9.84 Å². The Morgan fingerprint density at radius 2 is 2.45 bits per heavy atom. The number of hydrogen-bond acceptors (Lipinski definition) is 2. The molecule has 0 spiro atoms. The van der Waals surface area contributed by atoms with Gasteiger partial charge in [0.2, 0.25) is 0 Å². The SMILES string of the molecule is CC/C(C(=O)O)=C1\CCOC1. The Bertz CT molecular complexity index is 186. The van der Waals surface area contributed by atoms with Crippen LogP contribution in [0.4, 0.5) is 0 Å². The second kappa shape index (κ2) is 3.53. The van der Waals surface area contributed by atoms with Crippen molar-refractivity contribution in [3.63, 3.8) is 0 Å². The molecule has 1 saturated heterocycles. The van der Waals surface area contributed by atoms with E-state index >= 15 is 0 Å². The zero-order valence-electron chi connectivity index (χ0n) is 6.59. The fourth-order valence-electron chi connectivity index (χ4n) is 1.25. The van der Waals surface area contributed by atoms with Gasteiger partial charge in [0.05, 0.1) is 13.2 Å². The number of carboxylic acids is 1. The number of hydrogen-bond donors (Lipinski definition) is 1. The zero-order chi connectivity index (χ0) is 8.27. The van der Waals surface area contributed by atoms with E-state index in [9.17, 15) is 4.79 Å². The molecule has 3 nitrogen and oxygen atoms in total. The Labute approximate surface area is 65.7 Å². The molecule has 1 rings (SSSR count). The van der Waals surface area contributed by atoms with Crippen molar-refractivity contribution >= 4 is 5.97 Å². The maximum absolute atomic E-state index is 10.6. The summed E-state index contributed by atoms with van der Waals surface area (Å²) in [7, 11) is 0. The van der Waals surface area contributed by atoms with Crippen LogP contribution in [-0.4, -0.2) is 24.3 Å². The lowest BCUT2D eigenvalue weighted by atomic mass is 10.1. The Morgan fingerprint density at radius 1 is 1.73 bits per heavy atom. The van der Waals surface area contributed by atoms with Gasteiger partial charge in [-0.25, -0.2) is 4.79 Å². The minimum atomic E-state index is -0.798. The highest BCUT2D eigenvalue weighted by Crippen LogP contribution is 2.18. The van der Waals surface area contributed by atoms with Crippen LogP contribution in [0.1, 0.15) is 19.8 Å². The molecule has 11 heavy (non-hydrogen) atoms. The van der Waals surface area contributed by atoms with E-state index in [1.807, 2.05) is 6.92 Å². The lowest BCUT2D eigenvalue weighted by Gasteiger charge is -2.00. The lowest BCUT2D eigenvalue weighted by molar-refractivity contribution is -0.132. The van der Waals surface area contributed by atoms with Crippen LogP contribution in [0.3, 0.4) is 0 Å². The minimum absolute atomic E-state index is 0.509. The van der Waals surface area contributed by atoms with Gasteiger partial charge < -0.3 is 9.84 Å². The third kappa shape index (κ3) is 1.80. The summed E-state index contributed by atoms with van der Waals surface area (Å²) in [4.78, 5) is 10.6. The van der Waals surface area contributed by atoms with Crippen molar-refractivity contribution in [1.82, 2.24) is 0 Å². The van der Waals surface area contributed by atoms with E-state index in [1.54, 1.807) is 0 Å². The molecule has 1 fully saturated rings. The van der Waals surface area contributed by atoms with Gasteiger partial charge in [-0.1, -0.05) is 6.92 Å². The zero-order valence-corrected chi connectivity index (χ0v) is 6.59. The van der Waals surface area contributed by atoms with Gasteiger partial charge in [-0.15, -0.1) is 0 Å². The molecule has 0 saturated carbocycles. The van der Waals surface area contributed by atoms with Crippen LogP contribution in [0.5, 0.6) is 0 Å². The van der Waals surface area contributed by atoms with E-state index < -0.39 is 5.97 Å². The molecule has 0 aliphatic carbocycles. The maximum atomic E-state index is 10.6. The highest BCUT2D eigenvalue weighted by Gasteiger charge is 2.16. The number of ether oxygens (including phenoxy) is 1. The van der Waals surface area contributed by atoms with Gasteiger partial charge in [-0.05, 0) is 18.4 Å². The van der Waals surface area contributed by atoms with Crippen LogP contribution in [0.25, 0.3) is 0 Å². The molecule has 0 aromatic heterocycles. The van der Waals surface area contributed by atoms with E-state index in [0.29, 0.717) is 25.2 Å². The molecule has 62 valence electrons. The first-order valence-corrected chi connectivity index (χ1v) is 3.77. The quantitative estimate of drug-likeness (QED) is 0.611. The van der Waals surface area contributed by atoms with Gasteiger partial charge in [0, 0.05) is 5.57 Å². The number of carboxylic acid groups (broad SMARTS) is 1. The molecule has 3 heteroatoms. The lowest BCUT2D eigenvalue weighted by Crippen LogP contribution is -2.03. The average molecular weight is 156 g/mol. The topological polar surface area (TPSA) is 46.5 Å². The Kier molecular flexibility index (Phi) is 2.65. The van der Waals surface area contributed by atoms with Crippen LogP contribution in [-0.2, 0) is 9.53 Å². The van der Waals surface area contributed by atoms with Crippen molar-refractivity contribution in [3.8, 4) is 0 Å². The smallest absolute Gasteiger partial charge is 0.331 e. The molecular weight excluding hydrogens is 144 g/mol. The summed E-state index contributed by atoms with van der Waals surface area (Å²) in [5, 5.41) is 8.72. The van der Waals surface area contributed by atoms with E-state index in [2.05, 4.69) is 0 Å². The maximum Gasteiger partial charge on any atom is 0.331 e. The highest BCUT2D eigenvalue weighted by atomic mass is 16.5. The molecule has 0 radical (unpaired) electrons. The predicted molar refractivity (Wildman–Crippen MR) is 40.4 cm³/mol. The van der Waals surface area contributed by atoms with Crippen molar-refractivity contribution in [2.45, 2.75) is 19.8 Å². The summed E-state index contributed by atoms with van der Waals surface area (Å²) in [6, 6.07) is 0. The number of aliphatic carboxylic acids is 1. The van der Waals surface area contributed by atoms with Gasteiger partial charge in [0.15, 0.2) is 0 Å². The summed E-state index contributed by atoms with van der Waals surface area (Å²) in [6.07, 6.45) is 1.38. The van der Waals surface area contributed by atoms with Gasteiger partial charge in [0.1, 0.15) is 0 Å². The molecule has 1 aliphatic rings. The van der Waals surface area contributed by atoms with Crippen LogP contribution in [0.15, 0.2) is 11.1 Å². The predicted octanol–water partition coefficient (Wildman–Crippen LogP) is 1.20. The third-order valence-electron chi connectivity index (χ3n) is 1.86. The van der Waals surface area contributed by atoms with E-state index in [0.717, 1.165) is 12.0 Å². The fraction of sp³-hybridized carbons (Fsp3) is 0.625. The van der Waals surface area contributed by atoms with Crippen LogP contribution in [0, 0.1) is 0 Å². The van der Waals surface area contributed by atoms with Crippen molar-refractivity contribution in [1.29, 1.82) is 0 Å². The Balaban J connectivity index is 2.78. The largest absolute Gasteiger partial charge is 0.478 e. The fourth-order valence-corrected chi connectivity index (χ4v) is 1.25. The number of carbonyl (C=O) groups is 1. The minimum Gasteiger partial charge on any atom is -0.478 e. The van der Waals surface area contributed by atoms with Crippen molar-refractivity contribution in [2.24, 2.45) is 0 Å². The molecule has 0 atom stereocenters. The van der Waals surface area contributed by atoms with E-state index in [-0.39, 0.29) is 0 Å². The second-order valence-corrected chi connectivity index (χ2v) is 2.54. The first-order valence-electron chi connectivity index (χ1n) is 3.77. The molecule has 0 aromatic carbocycles. The summed E-state index contributed by atoms with van der Waals surface area (Å²) in [5.74, 6) is -0.798. The normalized spacial score (nSPS) is 21.9. The molecule has 0 amide bonds. The summed E-state index contributed by atoms with van der Waals surface area (Å²) in [6.45, 7) is 3.04. The van der Waals surface area contributed by atoms with Gasteiger partial charge >= 0.3 is 5.97 Å². The molecule has 1 heterocycles. The van der Waals surface area contributed by atoms with Crippen LogP contribution in [0.2, 0.25) is 0 Å². The molecule has 0 aromatic rings. The van der Waals surface area contributed by atoms with Gasteiger partial charge in [-0.2, -0.15) is 0 Å². The summed E-state index contributed by atoms with van der Waals surface area (Å²) < 4.78 is 5.07. The summed E-state index contributed by atoms with van der Waals surface area (Å²) in [5.41, 5.74) is 1.49. The van der Waals surface area contributed by atoms with Gasteiger partial charge in [0.25, 0.3) is 0 Å². The second-order valence-electron chi connectivity index (χ2n) is 2.54. The van der Waals surface area contributed by atoms with Crippen LogP contribution < -0.4 is 0 Å². The molecular formula is C8H12O3. The molecule has 1 aliphatic heterocycles. The van der Waals surface area contributed by atoms with E-state index in [1.165, 1.54) is 0 Å². The van der Waals surface area contributed by atoms with Crippen molar-refractivity contribution < 1.29 is 14.6 Å². The van der Waals surface area contributed by atoms with Crippen LogP contribution >= 0.6 is 0 Å². The highest BCUT2D eigenvalue weighted by molar-refractivity contribution is 5.87. The third-order valence-corrected chi connectivity index (χ3v) is 1.86. The number of rotatable bonds is 2. The first kappa shape index (κ1) is 8.27. The summed E-state index contributed by atoms with van der Waals surface area (Å²) >= 11 is 0.